The maximum absolute atomic E-state index is 2.33. The van der Waals surface area contributed by atoms with Gasteiger partial charge in [-0.3, -0.25) is 0 Å². The number of fused-ring (bicyclic) bond motifs is 3. The van der Waals surface area contributed by atoms with E-state index >= 15 is 0 Å². The third kappa shape index (κ3) is 5.14. The van der Waals surface area contributed by atoms with Crippen LogP contribution in [-0.2, 0) is 0 Å². The van der Waals surface area contributed by atoms with Crippen LogP contribution in [0.3, 0.4) is 0 Å². The highest BCUT2D eigenvalue weighted by Crippen LogP contribution is 2.37. The highest BCUT2D eigenvalue weighted by Gasteiger charge is 2.11. The zero-order valence-corrected chi connectivity index (χ0v) is 26.5. The smallest absolute Gasteiger partial charge is 0.00992 e. The molecule has 224 valence electrons. The van der Waals surface area contributed by atoms with E-state index in [0.29, 0.717) is 0 Å². The van der Waals surface area contributed by atoms with Crippen molar-refractivity contribution in [3.05, 3.63) is 194 Å². The summed E-state index contributed by atoms with van der Waals surface area (Å²) in [5.41, 5.74) is 12.4. The second-order valence-electron chi connectivity index (χ2n) is 12.6. The first-order valence-electron chi connectivity index (χ1n) is 16.6. The third-order valence-corrected chi connectivity index (χ3v) is 9.66. The standard InChI is InChI=1S/C48H32/c1-2-10-36(11-3-1)45-27-28-46(48-16-7-6-15-47(45)48)44-26-25-42-31-41(23-24-43(42)32-44)39-14-8-13-38(29-39)34-17-19-35(20-18-34)40-22-21-33-9-4-5-12-37(33)30-40/h1-32H. The summed E-state index contributed by atoms with van der Waals surface area (Å²) in [6, 6.07) is 70.7. The number of hydrogen-bond acceptors (Lipinski definition) is 0. The lowest BCUT2D eigenvalue weighted by atomic mass is 9.91. The maximum atomic E-state index is 2.33. The molecule has 0 unspecified atom stereocenters. The molecule has 0 aliphatic heterocycles. The van der Waals surface area contributed by atoms with Gasteiger partial charge in [0.2, 0.25) is 0 Å². The van der Waals surface area contributed by atoms with Crippen LogP contribution >= 0.6 is 0 Å². The molecule has 0 aromatic heterocycles. The summed E-state index contributed by atoms with van der Waals surface area (Å²) in [7, 11) is 0. The Labute approximate surface area is 281 Å². The molecule has 48 heavy (non-hydrogen) atoms. The fraction of sp³-hybridized carbons (Fsp3) is 0. The third-order valence-electron chi connectivity index (χ3n) is 9.66. The van der Waals surface area contributed by atoms with Crippen LogP contribution in [0.4, 0.5) is 0 Å². The van der Waals surface area contributed by atoms with E-state index in [9.17, 15) is 0 Å². The van der Waals surface area contributed by atoms with Crippen molar-refractivity contribution >= 4 is 32.3 Å². The molecule has 0 nitrogen and oxygen atoms in total. The molecule has 0 N–H and O–H groups in total. The van der Waals surface area contributed by atoms with E-state index in [-0.39, 0.29) is 0 Å². The van der Waals surface area contributed by atoms with Crippen LogP contribution in [0.25, 0.3) is 88.0 Å². The number of benzene rings is 9. The van der Waals surface area contributed by atoms with Crippen LogP contribution in [0.5, 0.6) is 0 Å². The Morgan fingerprint density at radius 1 is 0.188 bits per heavy atom. The molecule has 0 saturated heterocycles. The molecule has 0 fully saturated rings. The molecule has 0 saturated carbocycles. The normalized spacial score (nSPS) is 11.3. The Bertz CT molecular complexity index is 2590. The van der Waals surface area contributed by atoms with Crippen molar-refractivity contribution in [3.63, 3.8) is 0 Å². The molecule has 0 amide bonds. The first-order chi connectivity index (χ1) is 23.8. The molecule has 0 heterocycles. The van der Waals surface area contributed by atoms with Gasteiger partial charge in [0, 0.05) is 0 Å². The molecular formula is C48H32. The van der Waals surface area contributed by atoms with E-state index in [2.05, 4.69) is 194 Å². The fourth-order valence-corrected chi connectivity index (χ4v) is 7.12. The Morgan fingerprint density at radius 3 is 1.25 bits per heavy atom. The zero-order valence-electron chi connectivity index (χ0n) is 26.5. The van der Waals surface area contributed by atoms with Gasteiger partial charge >= 0.3 is 0 Å². The second kappa shape index (κ2) is 11.8. The summed E-state index contributed by atoms with van der Waals surface area (Å²) >= 11 is 0. The molecule has 0 spiro atoms. The SMILES string of the molecule is c1ccc(-c2ccc(-c3ccc4cc(-c5cccc(-c6ccc(-c7ccc8ccccc8c7)cc6)c5)ccc4c3)c3ccccc23)cc1. The lowest BCUT2D eigenvalue weighted by molar-refractivity contribution is 1.59. The second-order valence-corrected chi connectivity index (χ2v) is 12.6. The summed E-state index contributed by atoms with van der Waals surface area (Å²) in [5, 5.41) is 7.58. The molecule has 0 bridgehead atoms. The monoisotopic (exact) mass is 608 g/mol. The van der Waals surface area contributed by atoms with Gasteiger partial charge in [-0.2, -0.15) is 0 Å². The number of rotatable bonds is 5. The topological polar surface area (TPSA) is 0 Å². The van der Waals surface area contributed by atoms with Crippen LogP contribution in [0.2, 0.25) is 0 Å². The fourth-order valence-electron chi connectivity index (χ4n) is 7.12. The largest absolute Gasteiger partial charge is 0.0622 e. The van der Waals surface area contributed by atoms with Crippen molar-refractivity contribution in [2.45, 2.75) is 0 Å². The predicted molar refractivity (Wildman–Crippen MR) is 206 cm³/mol. The van der Waals surface area contributed by atoms with Gasteiger partial charge in [0.15, 0.2) is 0 Å². The first kappa shape index (κ1) is 28.0. The minimum Gasteiger partial charge on any atom is -0.0622 e. The summed E-state index contributed by atoms with van der Waals surface area (Å²) in [4.78, 5) is 0. The highest BCUT2D eigenvalue weighted by atomic mass is 14.1. The zero-order chi connectivity index (χ0) is 31.9. The van der Waals surface area contributed by atoms with Gasteiger partial charge in [0.05, 0.1) is 0 Å². The van der Waals surface area contributed by atoms with Gasteiger partial charge in [-0.15, -0.1) is 0 Å². The molecule has 9 aromatic carbocycles. The maximum Gasteiger partial charge on any atom is -0.00992 e. The molecular weight excluding hydrogens is 577 g/mol. The molecule has 0 aliphatic carbocycles. The van der Waals surface area contributed by atoms with Crippen LogP contribution in [0, 0.1) is 0 Å². The van der Waals surface area contributed by atoms with E-state index in [1.807, 2.05) is 0 Å². The Hall–Kier alpha value is -6.24. The van der Waals surface area contributed by atoms with E-state index in [1.165, 1.54) is 88.0 Å². The molecule has 0 atom stereocenters. The van der Waals surface area contributed by atoms with Crippen molar-refractivity contribution in [2.24, 2.45) is 0 Å². The first-order valence-corrected chi connectivity index (χ1v) is 16.6. The predicted octanol–water partition coefficient (Wildman–Crippen LogP) is 13.5. The van der Waals surface area contributed by atoms with Crippen molar-refractivity contribution in [1.29, 1.82) is 0 Å². The van der Waals surface area contributed by atoms with Crippen molar-refractivity contribution < 1.29 is 0 Å². The summed E-state index contributed by atoms with van der Waals surface area (Å²) in [5.74, 6) is 0. The van der Waals surface area contributed by atoms with Gasteiger partial charge in [-0.05, 0) is 112 Å². The summed E-state index contributed by atoms with van der Waals surface area (Å²) < 4.78 is 0. The van der Waals surface area contributed by atoms with Gasteiger partial charge in [-0.1, -0.05) is 170 Å². The Kier molecular flexibility index (Phi) is 6.91. The Morgan fingerprint density at radius 2 is 0.583 bits per heavy atom. The molecule has 0 radical (unpaired) electrons. The van der Waals surface area contributed by atoms with E-state index in [4.69, 9.17) is 0 Å². The van der Waals surface area contributed by atoms with Crippen LogP contribution in [0.15, 0.2) is 194 Å². The summed E-state index contributed by atoms with van der Waals surface area (Å²) in [6.07, 6.45) is 0. The molecule has 9 aromatic rings. The van der Waals surface area contributed by atoms with E-state index < -0.39 is 0 Å². The molecule has 9 rings (SSSR count). The lowest BCUT2D eigenvalue weighted by Crippen LogP contribution is -1.87. The quantitative estimate of drug-likeness (QED) is 0.182. The van der Waals surface area contributed by atoms with E-state index in [0.717, 1.165) is 0 Å². The van der Waals surface area contributed by atoms with Gasteiger partial charge < -0.3 is 0 Å². The van der Waals surface area contributed by atoms with Crippen LogP contribution < -0.4 is 0 Å². The Balaban J connectivity index is 1.01. The van der Waals surface area contributed by atoms with Gasteiger partial charge in [-0.25, -0.2) is 0 Å². The van der Waals surface area contributed by atoms with Crippen LogP contribution in [-0.4, -0.2) is 0 Å². The van der Waals surface area contributed by atoms with Gasteiger partial charge in [0.25, 0.3) is 0 Å². The van der Waals surface area contributed by atoms with E-state index in [1.54, 1.807) is 0 Å². The minimum absolute atomic E-state index is 1.22. The lowest BCUT2D eigenvalue weighted by Gasteiger charge is -2.13. The molecule has 0 heteroatoms. The van der Waals surface area contributed by atoms with Crippen molar-refractivity contribution in [1.82, 2.24) is 0 Å². The minimum atomic E-state index is 1.22. The van der Waals surface area contributed by atoms with Crippen LogP contribution in [0.1, 0.15) is 0 Å². The highest BCUT2D eigenvalue weighted by molar-refractivity contribution is 6.06. The number of hydrogen-bond donors (Lipinski definition) is 0. The van der Waals surface area contributed by atoms with Gasteiger partial charge in [0.1, 0.15) is 0 Å². The average Bonchev–Trinajstić information content (AvgIpc) is 3.17. The average molecular weight is 609 g/mol. The van der Waals surface area contributed by atoms with Crippen molar-refractivity contribution in [2.75, 3.05) is 0 Å². The van der Waals surface area contributed by atoms with Crippen molar-refractivity contribution in [3.8, 4) is 55.6 Å². The summed E-state index contributed by atoms with van der Waals surface area (Å²) in [6.45, 7) is 0. The molecule has 0 aliphatic rings.